The van der Waals surface area contributed by atoms with Crippen molar-refractivity contribution in [1.29, 1.82) is 0 Å². The van der Waals surface area contributed by atoms with Crippen LogP contribution in [0.25, 0.3) is 10.9 Å². The van der Waals surface area contributed by atoms with E-state index in [2.05, 4.69) is 15.0 Å². The molecule has 1 atom stereocenters. The lowest BCUT2D eigenvalue weighted by Crippen LogP contribution is -2.57. The van der Waals surface area contributed by atoms with Crippen LogP contribution in [0.15, 0.2) is 48.7 Å². The second kappa shape index (κ2) is 11.0. The van der Waals surface area contributed by atoms with Gasteiger partial charge >= 0.3 is 6.16 Å². The molecule has 2 heterocycles. The fraction of sp³-hybridized carbons (Fsp3) is 0.346. The lowest BCUT2D eigenvalue weighted by Gasteiger charge is -2.33. The number of carbonyl (C=O) groups is 3. The summed E-state index contributed by atoms with van der Waals surface area (Å²) in [7, 11) is 1.25. The highest BCUT2D eigenvalue weighted by molar-refractivity contribution is 5.92. The first-order chi connectivity index (χ1) is 16.7. The summed E-state index contributed by atoms with van der Waals surface area (Å²) in [5.74, 6) is -0.170. The summed E-state index contributed by atoms with van der Waals surface area (Å²) in [6, 6.07) is 12.4. The topological polar surface area (TPSA) is 127 Å². The molecule has 0 saturated heterocycles. The molecule has 1 aromatic heterocycles. The molecule has 9 nitrogen and oxygen atoms in total. The molecule has 0 aliphatic carbocycles. The van der Waals surface area contributed by atoms with E-state index < -0.39 is 23.6 Å². The maximum atomic E-state index is 13.7. The molecule has 0 spiro atoms. The Bertz CT molecular complexity index is 1270. The van der Waals surface area contributed by atoms with Gasteiger partial charge in [-0.3, -0.25) is 9.59 Å². The molecule has 0 saturated carbocycles. The van der Waals surface area contributed by atoms with Crippen LogP contribution in [-0.4, -0.2) is 53.1 Å². The van der Waals surface area contributed by atoms with Gasteiger partial charge in [0, 0.05) is 36.6 Å². The van der Waals surface area contributed by atoms with E-state index in [0.717, 1.165) is 27.6 Å². The van der Waals surface area contributed by atoms with E-state index in [0.29, 0.717) is 31.7 Å². The third-order valence-corrected chi connectivity index (χ3v) is 6.16. The third-order valence-electron chi connectivity index (χ3n) is 6.16. The minimum atomic E-state index is -1.12. The zero-order valence-electron chi connectivity index (χ0n) is 20.5. The number of aromatic nitrogens is 1. The molecule has 0 bridgehead atoms. The number of hydrogen-bond donors (Lipinski definition) is 3. The van der Waals surface area contributed by atoms with E-state index in [1.165, 1.54) is 7.11 Å². The number of hydrogen-bond acceptors (Lipinski definition) is 6. The Morgan fingerprint density at radius 2 is 1.92 bits per heavy atom. The highest BCUT2D eigenvalue weighted by atomic mass is 35.5. The van der Waals surface area contributed by atoms with Crippen molar-refractivity contribution in [3.8, 4) is 5.75 Å². The first-order valence-corrected chi connectivity index (χ1v) is 11.5. The van der Waals surface area contributed by atoms with Crippen molar-refractivity contribution in [2.45, 2.75) is 44.8 Å². The number of aromatic amines is 1. The van der Waals surface area contributed by atoms with E-state index in [1.54, 1.807) is 30.9 Å². The molecular formula is C26H31ClN4O5. The van der Waals surface area contributed by atoms with Crippen molar-refractivity contribution in [3.05, 3.63) is 65.4 Å². The standard InChI is InChI=1S/C26H30N4O5.ClH/c1-26(2,27)24(32)29-22(13-18-14-28-21-7-5-4-6-20(18)21)23(31)30-11-10-16-12-19(35-25(33)34-3)9-8-17(16)15-30;/h4-9,12,14,22,28H,10-11,13,15,27H2,1-3H3,(H,29,32);1H/t22-;/m1./s1. The third kappa shape index (κ3) is 5.98. The summed E-state index contributed by atoms with van der Waals surface area (Å²) in [6.07, 6.45) is 2.02. The lowest BCUT2D eigenvalue weighted by molar-refractivity contribution is -0.138. The minimum Gasteiger partial charge on any atom is -0.437 e. The summed E-state index contributed by atoms with van der Waals surface area (Å²) >= 11 is 0. The molecule has 1 aliphatic rings. The van der Waals surface area contributed by atoms with Crippen molar-refractivity contribution in [3.63, 3.8) is 0 Å². The Morgan fingerprint density at radius 3 is 2.64 bits per heavy atom. The average Bonchev–Trinajstić information content (AvgIpc) is 3.25. The molecule has 0 radical (unpaired) electrons. The van der Waals surface area contributed by atoms with Crippen LogP contribution in [0.5, 0.6) is 5.75 Å². The number of methoxy groups -OCH3 is 1. The molecule has 0 fully saturated rings. The zero-order valence-corrected chi connectivity index (χ0v) is 21.3. The molecule has 1 aliphatic heterocycles. The predicted molar refractivity (Wildman–Crippen MR) is 138 cm³/mol. The number of benzene rings is 2. The van der Waals surface area contributed by atoms with Gasteiger partial charge in [0.1, 0.15) is 11.8 Å². The van der Waals surface area contributed by atoms with Crippen molar-refractivity contribution in [2.24, 2.45) is 5.73 Å². The van der Waals surface area contributed by atoms with Gasteiger partial charge in [-0.1, -0.05) is 24.3 Å². The van der Waals surface area contributed by atoms with Gasteiger partial charge in [0.15, 0.2) is 0 Å². The molecule has 4 N–H and O–H groups in total. The van der Waals surface area contributed by atoms with Crippen LogP contribution in [0.3, 0.4) is 0 Å². The summed E-state index contributed by atoms with van der Waals surface area (Å²) in [5.41, 5.74) is 8.74. The smallest absolute Gasteiger partial charge is 0.437 e. The second-order valence-electron chi connectivity index (χ2n) is 9.31. The normalized spacial score (nSPS) is 13.8. The summed E-state index contributed by atoms with van der Waals surface area (Å²) in [6.45, 7) is 4.08. The van der Waals surface area contributed by atoms with E-state index in [9.17, 15) is 14.4 Å². The number of nitrogens with two attached hydrogens (primary N) is 1. The first-order valence-electron chi connectivity index (χ1n) is 11.5. The van der Waals surface area contributed by atoms with Gasteiger partial charge in [-0.25, -0.2) is 4.79 Å². The molecule has 3 aromatic rings. The van der Waals surface area contributed by atoms with Crippen molar-refractivity contribution >= 4 is 41.3 Å². The van der Waals surface area contributed by atoms with Gasteiger partial charge in [0.25, 0.3) is 0 Å². The average molecular weight is 515 g/mol. The molecule has 10 heteroatoms. The molecular weight excluding hydrogens is 484 g/mol. The number of H-pyrrole nitrogens is 1. The highest BCUT2D eigenvalue weighted by Gasteiger charge is 2.32. The highest BCUT2D eigenvalue weighted by Crippen LogP contribution is 2.26. The Labute approximate surface area is 215 Å². The number of halogens is 1. The summed E-state index contributed by atoms with van der Waals surface area (Å²) in [4.78, 5) is 42.8. The molecule has 4 rings (SSSR count). The minimum absolute atomic E-state index is 0. The number of ether oxygens (including phenoxy) is 2. The maximum absolute atomic E-state index is 13.7. The molecule has 192 valence electrons. The van der Waals surface area contributed by atoms with Crippen LogP contribution in [-0.2, 0) is 33.7 Å². The largest absolute Gasteiger partial charge is 0.513 e. The quantitative estimate of drug-likeness (QED) is 0.343. The van der Waals surface area contributed by atoms with Crippen LogP contribution in [0, 0.1) is 0 Å². The Balaban J connectivity index is 0.00000361. The van der Waals surface area contributed by atoms with Crippen LogP contribution >= 0.6 is 12.4 Å². The summed E-state index contributed by atoms with van der Waals surface area (Å²) < 4.78 is 9.65. The Kier molecular flexibility index (Phi) is 8.27. The fourth-order valence-electron chi connectivity index (χ4n) is 4.20. The SMILES string of the molecule is COC(=O)Oc1ccc2c(c1)CCN(C(=O)[C@@H](Cc1c[nH]c3ccccc13)NC(=O)C(C)(C)N)C2.Cl. The lowest BCUT2D eigenvalue weighted by atomic mass is 9.97. The van der Waals surface area contributed by atoms with E-state index >= 15 is 0 Å². The van der Waals surface area contributed by atoms with Crippen LogP contribution in [0.1, 0.15) is 30.5 Å². The summed E-state index contributed by atoms with van der Waals surface area (Å²) in [5, 5.41) is 3.89. The molecule has 2 amide bonds. The zero-order chi connectivity index (χ0) is 25.2. The monoisotopic (exact) mass is 514 g/mol. The van der Waals surface area contributed by atoms with Gasteiger partial charge in [0.05, 0.1) is 12.6 Å². The van der Waals surface area contributed by atoms with Gasteiger partial charge in [-0.05, 0) is 55.2 Å². The van der Waals surface area contributed by atoms with Gasteiger partial charge in [-0.15, -0.1) is 12.4 Å². The van der Waals surface area contributed by atoms with Crippen molar-refractivity contribution < 1.29 is 23.9 Å². The molecule has 0 unspecified atom stereocenters. The number of carbonyl (C=O) groups excluding carboxylic acids is 3. The number of amides is 2. The van der Waals surface area contributed by atoms with Gasteiger partial charge < -0.3 is 30.4 Å². The number of para-hydroxylation sites is 1. The van der Waals surface area contributed by atoms with Crippen molar-refractivity contribution in [1.82, 2.24) is 15.2 Å². The van der Waals surface area contributed by atoms with Gasteiger partial charge in [-0.2, -0.15) is 0 Å². The molecule has 36 heavy (non-hydrogen) atoms. The number of nitrogens with one attached hydrogen (secondary N) is 2. The number of nitrogens with zero attached hydrogens (tertiary/aromatic N) is 1. The van der Waals surface area contributed by atoms with Crippen LogP contribution in [0.2, 0.25) is 0 Å². The molecule has 2 aromatic carbocycles. The maximum Gasteiger partial charge on any atom is 0.513 e. The van der Waals surface area contributed by atoms with Crippen molar-refractivity contribution in [2.75, 3.05) is 13.7 Å². The Morgan fingerprint density at radius 1 is 1.17 bits per heavy atom. The van der Waals surface area contributed by atoms with E-state index in [4.69, 9.17) is 10.5 Å². The number of rotatable bonds is 6. The second-order valence-corrected chi connectivity index (χ2v) is 9.31. The Hall–Kier alpha value is -3.56. The van der Waals surface area contributed by atoms with Gasteiger partial charge in [0.2, 0.25) is 11.8 Å². The number of fused-ring (bicyclic) bond motifs is 2. The van der Waals surface area contributed by atoms with E-state index in [1.807, 2.05) is 36.5 Å². The van der Waals surface area contributed by atoms with Crippen LogP contribution < -0.4 is 15.8 Å². The van der Waals surface area contributed by atoms with Crippen LogP contribution in [0.4, 0.5) is 4.79 Å². The first kappa shape index (κ1) is 27.0. The fourth-order valence-corrected chi connectivity index (χ4v) is 4.20. The predicted octanol–water partition coefficient (Wildman–Crippen LogP) is 3.08. The van der Waals surface area contributed by atoms with E-state index in [-0.39, 0.29) is 18.3 Å².